The van der Waals surface area contributed by atoms with Gasteiger partial charge < -0.3 is 9.84 Å². The third-order valence-electron chi connectivity index (χ3n) is 2.15. The van der Waals surface area contributed by atoms with Gasteiger partial charge in [0.2, 0.25) is 5.82 Å². The van der Waals surface area contributed by atoms with Crippen molar-refractivity contribution >= 4 is 5.97 Å². The minimum Gasteiger partial charge on any atom is -0.477 e. The van der Waals surface area contributed by atoms with Crippen LogP contribution in [0, 0.1) is 11.6 Å². The summed E-state index contributed by atoms with van der Waals surface area (Å²) in [5, 5.41) is 8.88. The number of pyridine rings is 1. The van der Waals surface area contributed by atoms with Crippen LogP contribution in [0.15, 0.2) is 36.7 Å². The Bertz CT molecular complexity index is 602. The summed E-state index contributed by atoms with van der Waals surface area (Å²) in [6.45, 7) is 0. The van der Waals surface area contributed by atoms with E-state index in [1.807, 2.05) is 0 Å². The monoisotopic (exact) mass is 251 g/mol. The zero-order valence-electron chi connectivity index (χ0n) is 8.93. The first kappa shape index (κ1) is 12.0. The highest BCUT2D eigenvalue weighted by molar-refractivity contribution is 5.90. The minimum atomic E-state index is -1.27. The predicted octanol–water partition coefficient (Wildman–Crippen LogP) is 2.85. The van der Waals surface area contributed by atoms with E-state index in [9.17, 15) is 13.6 Å². The highest BCUT2D eigenvalue weighted by atomic mass is 19.2. The van der Waals surface area contributed by atoms with Crippen molar-refractivity contribution in [3.8, 4) is 11.5 Å². The summed E-state index contributed by atoms with van der Waals surface area (Å²) in [5.41, 5.74) is -0.235. The van der Waals surface area contributed by atoms with Crippen LogP contribution in [0.2, 0.25) is 0 Å². The van der Waals surface area contributed by atoms with Crippen LogP contribution in [-0.4, -0.2) is 16.1 Å². The fourth-order valence-corrected chi connectivity index (χ4v) is 1.31. The smallest absolute Gasteiger partial charge is 0.341 e. The molecule has 0 radical (unpaired) electrons. The largest absolute Gasteiger partial charge is 0.477 e. The van der Waals surface area contributed by atoms with E-state index in [-0.39, 0.29) is 17.1 Å². The van der Waals surface area contributed by atoms with Crippen molar-refractivity contribution in [2.24, 2.45) is 0 Å². The Labute approximate surface area is 100 Å². The Morgan fingerprint density at radius 2 is 2.00 bits per heavy atom. The van der Waals surface area contributed by atoms with Gasteiger partial charge in [-0.2, -0.15) is 4.39 Å². The SMILES string of the molecule is O=C(O)c1cnccc1Oc1cccc(F)c1F. The zero-order chi connectivity index (χ0) is 13.1. The maximum atomic E-state index is 13.4. The molecule has 0 aliphatic rings. The van der Waals surface area contributed by atoms with Gasteiger partial charge in [0.1, 0.15) is 11.3 Å². The van der Waals surface area contributed by atoms with E-state index in [2.05, 4.69) is 4.98 Å². The van der Waals surface area contributed by atoms with E-state index in [4.69, 9.17) is 9.84 Å². The normalized spacial score (nSPS) is 10.1. The molecule has 0 bridgehead atoms. The summed E-state index contributed by atoms with van der Waals surface area (Å²) in [4.78, 5) is 14.5. The molecule has 0 fully saturated rings. The third kappa shape index (κ3) is 2.27. The molecule has 4 nitrogen and oxygen atoms in total. The fourth-order valence-electron chi connectivity index (χ4n) is 1.31. The van der Waals surface area contributed by atoms with Crippen LogP contribution in [0.5, 0.6) is 11.5 Å². The van der Waals surface area contributed by atoms with Crippen molar-refractivity contribution in [2.75, 3.05) is 0 Å². The number of halogens is 2. The van der Waals surface area contributed by atoms with Crippen molar-refractivity contribution in [3.63, 3.8) is 0 Å². The van der Waals surface area contributed by atoms with Crippen LogP contribution >= 0.6 is 0 Å². The highest BCUT2D eigenvalue weighted by Crippen LogP contribution is 2.27. The number of ether oxygens (including phenoxy) is 1. The first-order valence-electron chi connectivity index (χ1n) is 4.89. The zero-order valence-corrected chi connectivity index (χ0v) is 8.93. The Morgan fingerprint density at radius 1 is 1.22 bits per heavy atom. The molecule has 0 saturated carbocycles. The molecule has 0 amide bonds. The van der Waals surface area contributed by atoms with Crippen molar-refractivity contribution in [1.29, 1.82) is 0 Å². The number of nitrogens with zero attached hydrogens (tertiary/aromatic N) is 1. The Morgan fingerprint density at radius 3 is 2.72 bits per heavy atom. The summed E-state index contributed by atoms with van der Waals surface area (Å²) in [5.74, 6) is -4.01. The van der Waals surface area contributed by atoms with Crippen LogP contribution in [0.3, 0.4) is 0 Å². The quantitative estimate of drug-likeness (QED) is 0.911. The maximum Gasteiger partial charge on any atom is 0.341 e. The van der Waals surface area contributed by atoms with Gasteiger partial charge in [0.05, 0.1) is 0 Å². The second-order valence-corrected chi connectivity index (χ2v) is 3.33. The number of aromatic carboxylic acids is 1. The molecule has 1 aromatic carbocycles. The molecule has 1 aromatic heterocycles. The number of carboxylic acids is 1. The standard InChI is InChI=1S/C12H7F2NO3/c13-8-2-1-3-10(11(8)14)18-9-4-5-15-6-7(9)12(16)17/h1-6H,(H,16,17). The average Bonchev–Trinajstić information content (AvgIpc) is 2.35. The summed E-state index contributed by atoms with van der Waals surface area (Å²) in [6.07, 6.45) is 2.36. The minimum absolute atomic E-state index is 0.109. The predicted molar refractivity (Wildman–Crippen MR) is 57.6 cm³/mol. The van der Waals surface area contributed by atoms with Gasteiger partial charge in [-0.05, 0) is 12.1 Å². The molecule has 0 spiro atoms. The van der Waals surface area contributed by atoms with Gasteiger partial charge in [-0.3, -0.25) is 4.98 Å². The summed E-state index contributed by atoms with van der Waals surface area (Å²) in [7, 11) is 0. The molecule has 0 aliphatic heterocycles. The average molecular weight is 251 g/mol. The molecule has 92 valence electrons. The van der Waals surface area contributed by atoms with Crippen LogP contribution < -0.4 is 4.74 Å². The Hall–Kier alpha value is -2.50. The van der Waals surface area contributed by atoms with Gasteiger partial charge in [-0.25, -0.2) is 9.18 Å². The lowest BCUT2D eigenvalue weighted by Crippen LogP contribution is -2.01. The Kier molecular flexibility index (Phi) is 3.18. The second-order valence-electron chi connectivity index (χ2n) is 3.33. The number of hydrogen-bond donors (Lipinski definition) is 1. The molecule has 1 heterocycles. The topological polar surface area (TPSA) is 59.4 Å². The molecule has 1 N–H and O–H groups in total. The molecular weight excluding hydrogens is 244 g/mol. The van der Waals surface area contributed by atoms with E-state index in [1.165, 1.54) is 24.4 Å². The fraction of sp³-hybridized carbons (Fsp3) is 0. The molecule has 0 saturated heterocycles. The lowest BCUT2D eigenvalue weighted by atomic mass is 10.2. The molecular formula is C12H7F2NO3. The van der Waals surface area contributed by atoms with Crippen molar-refractivity contribution in [2.45, 2.75) is 0 Å². The third-order valence-corrected chi connectivity index (χ3v) is 2.15. The number of benzene rings is 1. The van der Waals surface area contributed by atoms with Gasteiger partial charge in [0, 0.05) is 18.5 Å². The van der Waals surface area contributed by atoms with Gasteiger partial charge in [-0.1, -0.05) is 6.07 Å². The van der Waals surface area contributed by atoms with E-state index >= 15 is 0 Å². The number of carboxylic acid groups (broad SMARTS) is 1. The van der Waals surface area contributed by atoms with Crippen molar-refractivity contribution in [1.82, 2.24) is 4.98 Å². The number of carbonyl (C=O) groups is 1. The van der Waals surface area contributed by atoms with Crippen molar-refractivity contribution < 1.29 is 23.4 Å². The summed E-state index contributed by atoms with van der Waals surface area (Å²) in [6, 6.07) is 4.65. The van der Waals surface area contributed by atoms with Gasteiger partial charge in [0.25, 0.3) is 0 Å². The van der Waals surface area contributed by atoms with E-state index in [1.54, 1.807) is 0 Å². The van der Waals surface area contributed by atoms with Crippen LogP contribution in [0.1, 0.15) is 10.4 Å². The lowest BCUT2D eigenvalue weighted by molar-refractivity contribution is 0.0693. The lowest BCUT2D eigenvalue weighted by Gasteiger charge is -2.08. The van der Waals surface area contributed by atoms with Gasteiger partial charge in [0.15, 0.2) is 11.6 Å². The van der Waals surface area contributed by atoms with Gasteiger partial charge >= 0.3 is 5.97 Å². The van der Waals surface area contributed by atoms with E-state index in [0.29, 0.717) is 0 Å². The van der Waals surface area contributed by atoms with E-state index in [0.717, 1.165) is 12.3 Å². The Balaban J connectivity index is 2.40. The molecule has 0 aliphatic carbocycles. The highest BCUT2D eigenvalue weighted by Gasteiger charge is 2.15. The maximum absolute atomic E-state index is 13.4. The molecule has 18 heavy (non-hydrogen) atoms. The molecule has 0 unspecified atom stereocenters. The van der Waals surface area contributed by atoms with Crippen LogP contribution in [0.4, 0.5) is 8.78 Å². The molecule has 0 atom stereocenters. The van der Waals surface area contributed by atoms with Crippen LogP contribution in [0.25, 0.3) is 0 Å². The molecule has 2 aromatic rings. The molecule has 2 rings (SSSR count). The summed E-state index contributed by atoms with van der Waals surface area (Å²) < 4.78 is 31.4. The van der Waals surface area contributed by atoms with Crippen LogP contribution in [-0.2, 0) is 0 Å². The second kappa shape index (κ2) is 4.79. The first-order chi connectivity index (χ1) is 8.59. The molecule has 6 heteroatoms. The number of hydrogen-bond acceptors (Lipinski definition) is 3. The first-order valence-corrected chi connectivity index (χ1v) is 4.89. The summed E-state index contributed by atoms with van der Waals surface area (Å²) >= 11 is 0. The number of rotatable bonds is 3. The van der Waals surface area contributed by atoms with Gasteiger partial charge in [-0.15, -0.1) is 0 Å². The number of aromatic nitrogens is 1. The van der Waals surface area contributed by atoms with E-state index < -0.39 is 17.6 Å². The van der Waals surface area contributed by atoms with Crippen molar-refractivity contribution in [3.05, 3.63) is 53.9 Å².